The maximum absolute atomic E-state index is 10.8. The molecule has 4 nitrogen and oxygen atoms in total. The highest BCUT2D eigenvalue weighted by molar-refractivity contribution is 5.94. The molecule has 11 heavy (non-hydrogen) atoms. The van der Waals surface area contributed by atoms with Crippen molar-refractivity contribution in [1.82, 2.24) is 9.97 Å². The van der Waals surface area contributed by atoms with Crippen molar-refractivity contribution >= 4 is 5.78 Å². The van der Waals surface area contributed by atoms with Crippen molar-refractivity contribution in [2.24, 2.45) is 0 Å². The largest absolute Gasteiger partial charge is 0.504 e. The van der Waals surface area contributed by atoms with E-state index in [0.29, 0.717) is 5.69 Å². The molecule has 0 atom stereocenters. The van der Waals surface area contributed by atoms with Gasteiger partial charge in [0, 0.05) is 6.92 Å². The maximum atomic E-state index is 10.8. The van der Waals surface area contributed by atoms with Gasteiger partial charge in [-0.2, -0.15) is 0 Å². The molecule has 4 heteroatoms. The van der Waals surface area contributed by atoms with E-state index in [2.05, 4.69) is 9.97 Å². The molecule has 58 valence electrons. The Morgan fingerprint density at radius 2 is 2.18 bits per heavy atom. The molecule has 0 bridgehead atoms. The Morgan fingerprint density at radius 3 is 2.64 bits per heavy atom. The molecule has 0 aliphatic rings. The molecule has 0 fully saturated rings. The van der Waals surface area contributed by atoms with Crippen LogP contribution in [0, 0.1) is 6.92 Å². The predicted octanol–water partition coefficient (Wildman–Crippen LogP) is 0.693. The number of carbonyl (C=O) groups excluding carboxylic acids is 1. The summed E-state index contributed by atoms with van der Waals surface area (Å²) < 4.78 is 0. The summed E-state index contributed by atoms with van der Waals surface area (Å²) in [6.07, 6.45) is 1.26. The van der Waals surface area contributed by atoms with Crippen molar-refractivity contribution in [1.29, 1.82) is 0 Å². The number of carbonyl (C=O) groups is 1. The van der Waals surface area contributed by atoms with Crippen molar-refractivity contribution < 1.29 is 9.90 Å². The van der Waals surface area contributed by atoms with Gasteiger partial charge >= 0.3 is 0 Å². The van der Waals surface area contributed by atoms with Crippen LogP contribution in [0.4, 0.5) is 0 Å². The number of hydrogen-bond donors (Lipinski definition) is 1. The molecule has 0 amide bonds. The zero-order chi connectivity index (χ0) is 8.43. The number of rotatable bonds is 1. The van der Waals surface area contributed by atoms with Gasteiger partial charge in [-0.1, -0.05) is 0 Å². The van der Waals surface area contributed by atoms with Crippen molar-refractivity contribution in [3.8, 4) is 5.75 Å². The molecule has 0 radical (unpaired) electrons. The van der Waals surface area contributed by atoms with Crippen LogP contribution in [0.3, 0.4) is 0 Å². The SMILES string of the molecule is CC(=O)c1ncnc(C)c1O. The Morgan fingerprint density at radius 1 is 1.55 bits per heavy atom. The number of aromatic nitrogens is 2. The molecule has 0 saturated heterocycles. The minimum Gasteiger partial charge on any atom is -0.504 e. The van der Waals surface area contributed by atoms with E-state index in [1.54, 1.807) is 6.92 Å². The molecular formula is C7H8N2O2. The normalized spacial score (nSPS) is 9.64. The Labute approximate surface area is 63.9 Å². The van der Waals surface area contributed by atoms with E-state index in [1.165, 1.54) is 13.3 Å². The molecule has 0 spiro atoms. The molecule has 1 aromatic rings. The predicted molar refractivity (Wildman–Crippen MR) is 38.4 cm³/mol. The first-order valence-corrected chi connectivity index (χ1v) is 3.14. The van der Waals surface area contributed by atoms with E-state index in [4.69, 9.17) is 0 Å². The van der Waals surface area contributed by atoms with Gasteiger partial charge in [-0.15, -0.1) is 0 Å². The molecule has 1 N–H and O–H groups in total. The Kier molecular flexibility index (Phi) is 1.85. The summed E-state index contributed by atoms with van der Waals surface area (Å²) in [5.41, 5.74) is 0.503. The van der Waals surface area contributed by atoms with Crippen molar-refractivity contribution in [3.05, 3.63) is 17.7 Å². The van der Waals surface area contributed by atoms with Crippen LogP contribution in [-0.4, -0.2) is 20.9 Å². The molecule has 0 unspecified atom stereocenters. The minimum absolute atomic E-state index is 0.0810. The van der Waals surface area contributed by atoms with E-state index in [9.17, 15) is 9.90 Å². The third-order valence-corrected chi connectivity index (χ3v) is 1.34. The van der Waals surface area contributed by atoms with Crippen LogP contribution in [0.2, 0.25) is 0 Å². The number of nitrogens with zero attached hydrogens (tertiary/aromatic N) is 2. The summed E-state index contributed by atoms with van der Waals surface area (Å²) in [5, 5.41) is 9.22. The third-order valence-electron chi connectivity index (χ3n) is 1.34. The summed E-state index contributed by atoms with van der Waals surface area (Å²) >= 11 is 0. The van der Waals surface area contributed by atoms with Gasteiger partial charge in [0.05, 0.1) is 5.69 Å². The van der Waals surface area contributed by atoms with Crippen LogP contribution in [0.5, 0.6) is 5.75 Å². The van der Waals surface area contributed by atoms with Gasteiger partial charge in [0.1, 0.15) is 6.33 Å². The number of hydrogen-bond acceptors (Lipinski definition) is 4. The van der Waals surface area contributed by atoms with Gasteiger partial charge in [0.2, 0.25) is 0 Å². The lowest BCUT2D eigenvalue weighted by atomic mass is 10.2. The number of aromatic hydroxyl groups is 1. The number of ketones is 1. The first-order valence-electron chi connectivity index (χ1n) is 3.14. The lowest BCUT2D eigenvalue weighted by molar-refractivity contribution is 0.101. The maximum Gasteiger partial charge on any atom is 0.182 e. The highest BCUT2D eigenvalue weighted by atomic mass is 16.3. The average Bonchev–Trinajstić information content (AvgIpc) is 1.94. The summed E-state index contributed by atoms with van der Waals surface area (Å²) in [6.45, 7) is 2.96. The molecule has 0 saturated carbocycles. The molecule has 1 heterocycles. The standard InChI is InChI=1S/C7H8N2O2/c1-4-7(11)6(5(2)10)9-3-8-4/h3,11H,1-2H3. The van der Waals surface area contributed by atoms with Gasteiger partial charge in [0.25, 0.3) is 0 Å². The fourth-order valence-corrected chi connectivity index (χ4v) is 0.724. The second kappa shape index (κ2) is 2.65. The van der Waals surface area contributed by atoms with Crippen LogP contribution in [0.15, 0.2) is 6.33 Å². The van der Waals surface area contributed by atoms with Crippen molar-refractivity contribution in [3.63, 3.8) is 0 Å². The fraction of sp³-hybridized carbons (Fsp3) is 0.286. The zero-order valence-corrected chi connectivity index (χ0v) is 6.33. The van der Waals surface area contributed by atoms with E-state index < -0.39 is 0 Å². The molecular weight excluding hydrogens is 144 g/mol. The van der Waals surface area contributed by atoms with Gasteiger partial charge < -0.3 is 5.11 Å². The molecule has 0 aromatic carbocycles. The molecule has 0 aliphatic carbocycles. The molecule has 1 rings (SSSR count). The van der Waals surface area contributed by atoms with E-state index in [0.717, 1.165) is 0 Å². The lowest BCUT2D eigenvalue weighted by Gasteiger charge is -1.99. The molecule has 0 aliphatic heterocycles. The first kappa shape index (κ1) is 7.65. The Bertz CT molecular complexity index is 296. The van der Waals surface area contributed by atoms with Gasteiger partial charge in [-0.05, 0) is 6.92 Å². The summed E-state index contributed by atoms with van der Waals surface area (Å²) in [4.78, 5) is 18.1. The smallest absolute Gasteiger partial charge is 0.182 e. The van der Waals surface area contributed by atoms with Crippen LogP contribution in [0.25, 0.3) is 0 Å². The van der Waals surface area contributed by atoms with E-state index in [1.807, 2.05) is 0 Å². The monoisotopic (exact) mass is 152 g/mol. The Hall–Kier alpha value is -1.45. The van der Waals surface area contributed by atoms with Crippen LogP contribution < -0.4 is 0 Å². The highest BCUT2D eigenvalue weighted by Crippen LogP contribution is 2.16. The quantitative estimate of drug-likeness (QED) is 0.601. The second-order valence-corrected chi connectivity index (χ2v) is 2.21. The second-order valence-electron chi connectivity index (χ2n) is 2.21. The van der Waals surface area contributed by atoms with Crippen LogP contribution in [0.1, 0.15) is 23.1 Å². The van der Waals surface area contributed by atoms with Gasteiger partial charge in [-0.25, -0.2) is 9.97 Å². The lowest BCUT2D eigenvalue weighted by Crippen LogP contribution is -1.99. The Balaban J connectivity index is 3.27. The number of Topliss-reactive ketones (excluding diaryl/α,β-unsaturated/α-hetero) is 1. The summed E-state index contributed by atoms with van der Waals surface area (Å²) in [7, 11) is 0. The first-order chi connectivity index (χ1) is 5.13. The zero-order valence-electron chi connectivity index (χ0n) is 6.33. The third kappa shape index (κ3) is 1.34. The number of aryl methyl sites for hydroxylation is 1. The highest BCUT2D eigenvalue weighted by Gasteiger charge is 2.09. The van der Waals surface area contributed by atoms with E-state index >= 15 is 0 Å². The minimum atomic E-state index is -0.256. The molecule has 1 aromatic heterocycles. The van der Waals surface area contributed by atoms with Crippen LogP contribution in [-0.2, 0) is 0 Å². The van der Waals surface area contributed by atoms with Crippen LogP contribution >= 0.6 is 0 Å². The van der Waals surface area contributed by atoms with Crippen molar-refractivity contribution in [2.75, 3.05) is 0 Å². The van der Waals surface area contributed by atoms with Gasteiger partial charge in [-0.3, -0.25) is 4.79 Å². The average molecular weight is 152 g/mol. The van der Waals surface area contributed by atoms with Gasteiger partial charge in [0.15, 0.2) is 17.2 Å². The van der Waals surface area contributed by atoms with Crippen molar-refractivity contribution in [2.45, 2.75) is 13.8 Å². The topological polar surface area (TPSA) is 63.1 Å². The van der Waals surface area contributed by atoms with E-state index in [-0.39, 0.29) is 17.2 Å². The summed E-state index contributed by atoms with van der Waals surface area (Å²) in [6, 6.07) is 0. The summed E-state index contributed by atoms with van der Waals surface area (Å²) in [5.74, 6) is -0.381. The fourth-order valence-electron chi connectivity index (χ4n) is 0.724.